The van der Waals surface area contributed by atoms with E-state index in [-0.39, 0.29) is 6.04 Å². The number of hydrogen-bond acceptors (Lipinski definition) is 6. The summed E-state index contributed by atoms with van der Waals surface area (Å²) in [5.74, 6) is 8.79. The fourth-order valence-corrected chi connectivity index (χ4v) is 2.12. The molecule has 6 nitrogen and oxygen atoms in total. The largest absolute Gasteiger partial charge is 0.469 e. The van der Waals surface area contributed by atoms with Crippen LogP contribution < -0.4 is 16.6 Å². The normalized spacial score (nSPS) is 12.2. The summed E-state index contributed by atoms with van der Waals surface area (Å²) in [6.45, 7) is 6.11. The Bertz CT molecular complexity index is 568. The smallest absolute Gasteiger partial charge is 0.148 e. The summed E-state index contributed by atoms with van der Waals surface area (Å²) in [5.41, 5.74) is 3.56. The van der Waals surface area contributed by atoms with Gasteiger partial charge in [0.05, 0.1) is 6.26 Å². The average molecular weight is 289 g/mol. The first kappa shape index (κ1) is 15.3. The van der Waals surface area contributed by atoms with Gasteiger partial charge in [0.15, 0.2) is 0 Å². The summed E-state index contributed by atoms with van der Waals surface area (Å²) < 4.78 is 5.35. The van der Waals surface area contributed by atoms with E-state index in [0.717, 1.165) is 42.2 Å². The van der Waals surface area contributed by atoms with Gasteiger partial charge in [-0.05, 0) is 32.4 Å². The SMILES string of the molecule is CCc1nc(NN)c(C)c(NC(C)CCc2ccco2)n1. The lowest BCUT2D eigenvalue weighted by atomic mass is 10.1. The Kier molecular flexibility index (Phi) is 5.16. The monoisotopic (exact) mass is 289 g/mol. The molecular weight excluding hydrogens is 266 g/mol. The van der Waals surface area contributed by atoms with Crippen molar-refractivity contribution in [1.29, 1.82) is 0 Å². The maximum Gasteiger partial charge on any atom is 0.148 e. The number of rotatable bonds is 7. The van der Waals surface area contributed by atoms with Gasteiger partial charge in [-0.3, -0.25) is 0 Å². The summed E-state index contributed by atoms with van der Waals surface area (Å²) in [6.07, 6.45) is 4.33. The molecule has 6 heteroatoms. The van der Waals surface area contributed by atoms with E-state index in [1.165, 1.54) is 0 Å². The molecule has 0 aliphatic rings. The molecule has 0 aliphatic carbocycles. The van der Waals surface area contributed by atoms with Crippen molar-refractivity contribution in [3.8, 4) is 0 Å². The van der Waals surface area contributed by atoms with Crippen LogP contribution in [-0.4, -0.2) is 16.0 Å². The standard InChI is InChI=1S/C15H23N5O/c1-4-13-18-14(11(3)15(19-13)20-16)17-10(2)7-8-12-6-5-9-21-12/h5-6,9-10H,4,7-8,16H2,1-3H3,(H2,17,18,19,20). The molecule has 1 atom stereocenters. The third kappa shape index (κ3) is 3.95. The molecule has 2 aromatic heterocycles. The van der Waals surface area contributed by atoms with Crippen LogP contribution in [0.15, 0.2) is 22.8 Å². The minimum atomic E-state index is 0.277. The van der Waals surface area contributed by atoms with Crippen molar-refractivity contribution >= 4 is 11.6 Å². The second-order valence-corrected chi connectivity index (χ2v) is 5.12. The van der Waals surface area contributed by atoms with Crippen molar-refractivity contribution < 1.29 is 4.42 Å². The summed E-state index contributed by atoms with van der Waals surface area (Å²) in [4.78, 5) is 8.90. The zero-order valence-electron chi connectivity index (χ0n) is 12.8. The van der Waals surface area contributed by atoms with Crippen molar-refractivity contribution in [2.24, 2.45) is 5.84 Å². The second kappa shape index (κ2) is 7.08. The molecule has 0 aromatic carbocycles. The Balaban J connectivity index is 2.03. The molecule has 0 fully saturated rings. The molecule has 2 heterocycles. The molecule has 0 saturated heterocycles. The highest BCUT2D eigenvalue weighted by Gasteiger charge is 2.12. The first-order valence-corrected chi connectivity index (χ1v) is 7.27. The number of hydrogen-bond donors (Lipinski definition) is 3. The van der Waals surface area contributed by atoms with Crippen LogP contribution in [0.5, 0.6) is 0 Å². The fourth-order valence-electron chi connectivity index (χ4n) is 2.12. The molecule has 1 unspecified atom stereocenters. The minimum Gasteiger partial charge on any atom is -0.469 e. The van der Waals surface area contributed by atoms with Crippen LogP contribution in [0, 0.1) is 6.92 Å². The van der Waals surface area contributed by atoms with Crippen LogP contribution in [0.1, 0.15) is 37.4 Å². The number of aryl methyl sites for hydroxylation is 2. The molecule has 4 N–H and O–H groups in total. The zero-order valence-corrected chi connectivity index (χ0v) is 12.8. The van der Waals surface area contributed by atoms with Crippen LogP contribution in [0.25, 0.3) is 0 Å². The molecule has 2 rings (SSSR count). The average Bonchev–Trinajstić information content (AvgIpc) is 3.00. The van der Waals surface area contributed by atoms with Gasteiger partial charge in [0, 0.05) is 24.4 Å². The predicted octanol–water partition coefficient (Wildman–Crippen LogP) is 2.66. The van der Waals surface area contributed by atoms with Crippen LogP contribution in [0.4, 0.5) is 11.6 Å². The van der Waals surface area contributed by atoms with Crippen molar-refractivity contribution in [2.45, 2.75) is 46.1 Å². The van der Waals surface area contributed by atoms with Crippen LogP contribution in [-0.2, 0) is 12.8 Å². The van der Waals surface area contributed by atoms with Crippen LogP contribution in [0.3, 0.4) is 0 Å². The second-order valence-electron chi connectivity index (χ2n) is 5.12. The highest BCUT2D eigenvalue weighted by atomic mass is 16.3. The van der Waals surface area contributed by atoms with Gasteiger partial charge in [0.2, 0.25) is 0 Å². The number of hydrazine groups is 1. The van der Waals surface area contributed by atoms with Gasteiger partial charge >= 0.3 is 0 Å². The van der Waals surface area contributed by atoms with Gasteiger partial charge in [0.1, 0.15) is 23.2 Å². The third-order valence-corrected chi connectivity index (χ3v) is 3.43. The van der Waals surface area contributed by atoms with Gasteiger partial charge in [0.25, 0.3) is 0 Å². The van der Waals surface area contributed by atoms with E-state index in [1.54, 1.807) is 6.26 Å². The Morgan fingerprint density at radius 1 is 1.33 bits per heavy atom. The quantitative estimate of drug-likeness (QED) is 0.536. The molecular formula is C15H23N5O. The van der Waals surface area contributed by atoms with Crippen molar-refractivity contribution in [3.63, 3.8) is 0 Å². The maximum absolute atomic E-state index is 5.52. The lowest BCUT2D eigenvalue weighted by Crippen LogP contribution is -2.20. The topological polar surface area (TPSA) is 89.0 Å². The van der Waals surface area contributed by atoms with Crippen LogP contribution >= 0.6 is 0 Å². The van der Waals surface area contributed by atoms with Crippen molar-refractivity contribution in [2.75, 3.05) is 10.7 Å². The summed E-state index contributed by atoms with van der Waals surface area (Å²) in [6, 6.07) is 4.18. The predicted molar refractivity (Wildman–Crippen MR) is 84.1 cm³/mol. The number of furan rings is 1. The highest BCUT2D eigenvalue weighted by Crippen LogP contribution is 2.21. The lowest BCUT2D eigenvalue weighted by Gasteiger charge is -2.17. The summed E-state index contributed by atoms with van der Waals surface area (Å²) >= 11 is 0. The molecule has 0 spiro atoms. The summed E-state index contributed by atoms with van der Waals surface area (Å²) in [5, 5.41) is 3.43. The van der Waals surface area contributed by atoms with E-state index in [1.807, 2.05) is 26.0 Å². The Morgan fingerprint density at radius 2 is 2.10 bits per heavy atom. The lowest BCUT2D eigenvalue weighted by molar-refractivity contribution is 0.494. The molecule has 0 aliphatic heterocycles. The third-order valence-electron chi connectivity index (χ3n) is 3.43. The molecule has 0 saturated carbocycles. The minimum absolute atomic E-state index is 0.277. The summed E-state index contributed by atoms with van der Waals surface area (Å²) in [7, 11) is 0. The van der Waals surface area contributed by atoms with E-state index < -0.39 is 0 Å². The van der Waals surface area contributed by atoms with Gasteiger partial charge in [-0.15, -0.1) is 0 Å². The van der Waals surface area contributed by atoms with E-state index in [2.05, 4.69) is 27.6 Å². The number of nitrogens with two attached hydrogens (primary N) is 1. The number of anilines is 2. The first-order chi connectivity index (χ1) is 10.1. The van der Waals surface area contributed by atoms with E-state index >= 15 is 0 Å². The zero-order chi connectivity index (χ0) is 15.2. The molecule has 114 valence electrons. The van der Waals surface area contributed by atoms with Gasteiger partial charge in [-0.25, -0.2) is 15.8 Å². The number of aromatic nitrogens is 2. The van der Waals surface area contributed by atoms with E-state index in [0.29, 0.717) is 5.82 Å². The Labute approximate surface area is 125 Å². The molecule has 0 radical (unpaired) electrons. The Morgan fingerprint density at radius 3 is 2.71 bits per heavy atom. The maximum atomic E-state index is 5.52. The van der Waals surface area contributed by atoms with Gasteiger partial charge < -0.3 is 15.2 Å². The van der Waals surface area contributed by atoms with Crippen molar-refractivity contribution in [1.82, 2.24) is 9.97 Å². The molecule has 0 amide bonds. The Hall–Kier alpha value is -2.08. The van der Waals surface area contributed by atoms with E-state index in [9.17, 15) is 0 Å². The van der Waals surface area contributed by atoms with Crippen molar-refractivity contribution in [3.05, 3.63) is 35.5 Å². The number of nitrogen functional groups attached to an aromatic ring is 1. The van der Waals surface area contributed by atoms with Crippen LogP contribution in [0.2, 0.25) is 0 Å². The van der Waals surface area contributed by atoms with Gasteiger partial charge in [-0.2, -0.15) is 0 Å². The number of nitrogens with zero attached hydrogens (tertiary/aromatic N) is 2. The first-order valence-electron chi connectivity index (χ1n) is 7.27. The molecule has 2 aromatic rings. The van der Waals surface area contributed by atoms with Gasteiger partial charge in [-0.1, -0.05) is 6.92 Å². The van der Waals surface area contributed by atoms with E-state index in [4.69, 9.17) is 10.3 Å². The number of nitrogens with one attached hydrogen (secondary N) is 2. The highest BCUT2D eigenvalue weighted by molar-refractivity contribution is 5.57. The fraction of sp³-hybridized carbons (Fsp3) is 0.467. The molecule has 21 heavy (non-hydrogen) atoms. The molecule has 0 bridgehead atoms.